The number of halogens is 2. The standard InChI is InChI=1S/C19H21Cl2N3O3S/c1-14(22-28(26,27)18-7-3-5-16(21)13-18)19(25)24-10-8-23(9-11-24)17-6-2-4-15(20)12-17/h2-7,12-14,22H,8-11H2,1H3. The maximum atomic E-state index is 12.7. The molecule has 0 radical (unpaired) electrons. The van der Waals surface area contributed by atoms with Gasteiger partial charge in [0.05, 0.1) is 10.9 Å². The van der Waals surface area contributed by atoms with Crippen LogP contribution in [0.3, 0.4) is 0 Å². The van der Waals surface area contributed by atoms with Gasteiger partial charge in [0.15, 0.2) is 0 Å². The van der Waals surface area contributed by atoms with E-state index < -0.39 is 16.1 Å². The van der Waals surface area contributed by atoms with Gasteiger partial charge in [0.1, 0.15) is 0 Å². The van der Waals surface area contributed by atoms with Crippen LogP contribution in [0.25, 0.3) is 0 Å². The molecule has 0 spiro atoms. The smallest absolute Gasteiger partial charge is 0.241 e. The van der Waals surface area contributed by atoms with Crippen molar-refractivity contribution >= 4 is 44.8 Å². The van der Waals surface area contributed by atoms with Crippen molar-refractivity contribution in [2.75, 3.05) is 31.1 Å². The van der Waals surface area contributed by atoms with Gasteiger partial charge < -0.3 is 9.80 Å². The molecule has 1 fully saturated rings. The third kappa shape index (κ3) is 4.97. The van der Waals surface area contributed by atoms with Crippen LogP contribution in [0.2, 0.25) is 10.0 Å². The average molecular weight is 442 g/mol. The van der Waals surface area contributed by atoms with Crippen molar-refractivity contribution in [1.29, 1.82) is 0 Å². The molecule has 2 aromatic rings. The average Bonchev–Trinajstić information content (AvgIpc) is 2.67. The maximum Gasteiger partial charge on any atom is 0.241 e. The van der Waals surface area contributed by atoms with E-state index in [4.69, 9.17) is 23.2 Å². The van der Waals surface area contributed by atoms with Gasteiger partial charge in [0.25, 0.3) is 0 Å². The molecule has 6 nitrogen and oxygen atoms in total. The van der Waals surface area contributed by atoms with Gasteiger partial charge in [-0.15, -0.1) is 0 Å². The fourth-order valence-electron chi connectivity index (χ4n) is 3.12. The monoisotopic (exact) mass is 441 g/mol. The summed E-state index contributed by atoms with van der Waals surface area (Å²) in [6.45, 7) is 3.87. The Morgan fingerprint density at radius 3 is 2.21 bits per heavy atom. The lowest BCUT2D eigenvalue weighted by Crippen LogP contribution is -2.54. The number of sulfonamides is 1. The molecule has 28 heavy (non-hydrogen) atoms. The van der Waals surface area contributed by atoms with Crippen molar-refractivity contribution in [2.24, 2.45) is 0 Å². The zero-order valence-corrected chi connectivity index (χ0v) is 17.6. The van der Waals surface area contributed by atoms with Crippen molar-refractivity contribution in [3.05, 3.63) is 58.6 Å². The van der Waals surface area contributed by atoms with Gasteiger partial charge in [0, 0.05) is 41.9 Å². The van der Waals surface area contributed by atoms with Crippen LogP contribution in [0, 0.1) is 0 Å². The Labute approximate surface area is 175 Å². The van der Waals surface area contributed by atoms with Crippen LogP contribution in [0.5, 0.6) is 0 Å². The number of nitrogens with zero attached hydrogens (tertiary/aromatic N) is 2. The summed E-state index contributed by atoms with van der Waals surface area (Å²) in [4.78, 5) is 16.6. The second-order valence-electron chi connectivity index (χ2n) is 6.59. The predicted octanol–water partition coefficient (Wildman–Crippen LogP) is 3.01. The van der Waals surface area contributed by atoms with E-state index in [1.54, 1.807) is 24.0 Å². The minimum absolute atomic E-state index is 0.0328. The number of anilines is 1. The molecular weight excluding hydrogens is 421 g/mol. The number of rotatable bonds is 5. The zero-order valence-electron chi connectivity index (χ0n) is 15.3. The van der Waals surface area contributed by atoms with Crippen LogP contribution in [0.4, 0.5) is 5.69 Å². The molecule has 0 bridgehead atoms. The highest BCUT2D eigenvalue weighted by Crippen LogP contribution is 2.21. The van der Waals surface area contributed by atoms with Crippen molar-refractivity contribution in [3.63, 3.8) is 0 Å². The highest BCUT2D eigenvalue weighted by atomic mass is 35.5. The Morgan fingerprint density at radius 2 is 1.61 bits per heavy atom. The van der Waals surface area contributed by atoms with Gasteiger partial charge in [0.2, 0.25) is 15.9 Å². The fraction of sp³-hybridized carbons (Fsp3) is 0.316. The summed E-state index contributed by atoms with van der Waals surface area (Å²) in [5, 5.41) is 0.985. The van der Waals surface area contributed by atoms with Gasteiger partial charge >= 0.3 is 0 Å². The molecule has 1 N–H and O–H groups in total. The number of nitrogens with one attached hydrogen (secondary N) is 1. The second-order valence-corrected chi connectivity index (χ2v) is 9.18. The second kappa shape index (κ2) is 8.69. The van der Waals surface area contributed by atoms with Gasteiger partial charge in [-0.25, -0.2) is 8.42 Å². The molecule has 1 unspecified atom stereocenters. The van der Waals surface area contributed by atoms with E-state index in [0.29, 0.717) is 36.2 Å². The first-order chi connectivity index (χ1) is 13.3. The third-order valence-electron chi connectivity index (χ3n) is 4.57. The molecule has 0 aliphatic carbocycles. The predicted molar refractivity (Wildman–Crippen MR) is 111 cm³/mol. The van der Waals surface area contributed by atoms with Crippen LogP contribution in [0.15, 0.2) is 53.4 Å². The largest absolute Gasteiger partial charge is 0.368 e. The molecule has 1 atom stereocenters. The van der Waals surface area contributed by atoms with Gasteiger partial charge in [-0.2, -0.15) is 4.72 Å². The molecule has 3 rings (SSSR count). The summed E-state index contributed by atoms with van der Waals surface area (Å²) < 4.78 is 27.4. The van der Waals surface area contributed by atoms with E-state index >= 15 is 0 Å². The van der Waals surface area contributed by atoms with E-state index in [2.05, 4.69) is 9.62 Å². The summed E-state index contributed by atoms with van der Waals surface area (Å²) >= 11 is 11.9. The van der Waals surface area contributed by atoms with Crippen molar-refractivity contribution in [1.82, 2.24) is 9.62 Å². The molecule has 1 amide bonds. The maximum absolute atomic E-state index is 12.7. The fourth-order valence-corrected chi connectivity index (χ4v) is 4.80. The molecule has 9 heteroatoms. The first kappa shape index (κ1) is 20.9. The van der Waals surface area contributed by atoms with E-state index in [9.17, 15) is 13.2 Å². The molecule has 2 aromatic carbocycles. The van der Waals surface area contributed by atoms with Crippen LogP contribution in [0.1, 0.15) is 6.92 Å². The first-order valence-corrected chi connectivity index (χ1v) is 11.1. The summed E-state index contributed by atoms with van der Waals surface area (Å²) in [6.07, 6.45) is 0. The topological polar surface area (TPSA) is 69.7 Å². The van der Waals surface area contributed by atoms with Crippen LogP contribution < -0.4 is 9.62 Å². The van der Waals surface area contributed by atoms with Crippen LogP contribution in [-0.2, 0) is 14.8 Å². The van der Waals surface area contributed by atoms with E-state index in [0.717, 1.165) is 5.69 Å². The molecule has 1 aliphatic rings. The summed E-state index contributed by atoms with van der Waals surface area (Å²) in [6, 6.07) is 12.6. The molecule has 0 saturated carbocycles. The highest BCUT2D eigenvalue weighted by molar-refractivity contribution is 7.89. The molecule has 1 heterocycles. The SMILES string of the molecule is CC(NS(=O)(=O)c1cccc(Cl)c1)C(=O)N1CCN(c2cccc(Cl)c2)CC1. The van der Waals surface area contributed by atoms with E-state index in [-0.39, 0.29) is 10.8 Å². The third-order valence-corrected chi connectivity index (χ3v) is 6.58. The quantitative estimate of drug-likeness (QED) is 0.773. The summed E-state index contributed by atoms with van der Waals surface area (Å²) in [7, 11) is -3.83. The number of carbonyl (C=O) groups is 1. The Hall–Kier alpha value is -1.80. The Balaban J connectivity index is 1.60. The number of hydrogen-bond donors (Lipinski definition) is 1. The number of carbonyl (C=O) groups excluding carboxylic acids is 1. The Bertz CT molecular complexity index is 960. The normalized spacial score (nSPS) is 16.1. The van der Waals surface area contributed by atoms with Crippen molar-refractivity contribution < 1.29 is 13.2 Å². The Morgan fingerprint density at radius 1 is 1.00 bits per heavy atom. The lowest BCUT2D eigenvalue weighted by Gasteiger charge is -2.37. The summed E-state index contributed by atoms with van der Waals surface area (Å²) in [5.74, 6) is -0.253. The van der Waals surface area contributed by atoms with Gasteiger partial charge in [-0.05, 0) is 43.3 Å². The van der Waals surface area contributed by atoms with Gasteiger partial charge in [-0.3, -0.25) is 4.79 Å². The van der Waals surface area contributed by atoms with Gasteiger partial charge in [-0.1, -0.05) is 35.3 Å². The zero-order chi connectivity index (χ0) is 20.3. The Kier molecular flexibility index (Phi) is 6.50. The number of benzene rings is 2. The van der Waals surface area contributed by atoms with Crippen LogP contribution >= 0.6 is 23.2 Å². The molecule has 150 valence electrons. The van der Waals surface area contributed by atoms with Crippen molar-refractivity contribution in [3.8, 4) is 0 Å². The molecule has 0 aromatic heterocycles. The molecular formula is C19H21Cl2N3O3S. The number of amides is 1. The number of hydrogen-bond acceptors (Lipinski definition) is 4. The molecule has 1 saturated heterocycles. The summed E-state index contributed by atoms with van der Waals surface area (Å²) in [5.41, 5.74) is 1.01. The van der Waals surface area contributed by atoms with E-state index in [1.807, 2.05) is 24.3 Å². The number of piperazine rings is 1. The minimum atomic E-state index is -3.83. The van der Waals surface area contributed by atoms with Crippen LogP contribution in [-0.4, -0.2) is 51.4 Å². The lowest BCUT2D eigenvalue weighted by molar-refractivity contribution is -0.132. The lowest BCUT2D eigenvalue weighted by atomic mass is 10.2. The molecule has 1 aliphatic heterocycles. The first-order valence-electron chi connectivity index (χ1n) is 8.83. The van der Waals surface area contributed by atoms with Crippen molar-refractivity contribution in [2.45, 2.75) is 17.9 Å². The highest BCUT2D eigenvalue weighted by Gasteiger charge is 2.28. The van der Waals surface area contributed by atoms with E-state index in [1.165, 1.54) is 12.1 Å². The minimum Gasteiger partial charge on any atom is -0.368 e.